The average Bonchev–Trinajstić information content (AvgIpc) is 2.26. The first-order chi connectivity index (χ1) is 8.39. The van der Waals surface area contributed by atoms with Crippen molar-refractivity contribution in [2.75, 3.05) is 37.1 Å². The Morgan fingerprint density at radius 2 is 2.11 bits per heavy atom. The van der Waals surface area contributed by atoms with E-state index in [9.17, 15) is 8.42 Å². The lowest BCUT2D eigenvalue weighted by atomic mass is 10.3. The molecule has 0 aliphatic carbocycles. The third-order valence-electron chi connectivity index (χ3n) is 2.21. The highest BCUT2D eigenvalue weighted by Crippen LogP contribution is 1.96. The number of nitrogens with zero attached hydrogens (tertiary/aromatic N) is 1. The minimum Gasteiger partial charge on any atom is -0.357 e. The molecular weight excluding hydrogens is 270 g/mol. The molecule has 0 aromatic carbocycles. The summed E-state index contributed by atoms with van der Waals surface area (Å²) in [5, 5.41) is 6.36. The Hall–Kier alpha value is -0.430. The lowest BCUT2D eigenvalue weighted by Crippen LogP contribution is -2.43. The van der Waals surface area contributed by atoms with E-state index in [0.717, 1.165) is 24.8 Å². The number of aliphatic imine (C=N–C) groups is 1. The van der Waals surface area contributed by atoms with Crippen molar-refractivity contribution in [3.8, 4) is 0 Å². The Morgan fingerprint density at radius 1 is 1.44 bits per heavy atom. The Balaban J connectivity index is 4.18. The zero-order valence-corrected chi connectivity index (χ0v) is 13.3. The van der Waals surface area contributed by atoms with Crippen molar-refractivity contribution >= 4 is 27.6 Å². The minimum absolute atomic E-state index is 0.0896. The Bertz CT molecular complexity index is 342. The second kappa shape index (κ2) is 9.49. The SMILES string of the molecule is CCNC(=NCCSC)NC(C)CCS(C)(=O)=O. The second-order valence-corrected chi connectivity index (χ2v) is 7.46. The third kappa shape index (κ3) is 10.7. The fourth-order valence-electron chi connectivity index (χ4n) is 1.27. The highest BCUT2D eigenvalue weighted by molar-refractivity contribution is 7.98. The summed E-state index contributed by atoms with van der Waals surface area (Å²) >= 11 is 1.75. The molecule has 0 aromatic heterocycles. The van der Waals surface area contributed by atoms with E-state index < -0.39 is 9.84 Å². The minimum atomic E-state index is -2.89. The molecule has 0 bridgehead atoms. The lowest BCUT2D eigenvalue weighted by Gasteiger charge is -2.17. The summed E-state index contributed by atoms with van der Waals surface area (Å²) in [4.78, 5) is 4.41. The average molecular weight is 295 g/mol. The number of rotatable bonds is 8. The summed E-state index contributed by atoms with van der Waals surface area (Å²) in [6, 6.07) is 0.0896. The van der Waals surface area contributed by atoms with E-state index >= 15 is 0 Å². The highest BCUT2D eigenvalue weighted by atomic mass is 32.2. The molecule has 2 N–H and O–H groups in total. The topological polar surface area (TPSA) is 70.6 Å². The molecule has 0 aliphatic heterocycles. The molecule has 7 heteroatoms. The number of nitrogens with one attached hydrogen (secondary N) is 2. The molecule has 5 nitrogen and oxygen atoms in total. The maximum Gasteiger partial charge on any atom is 0.191 e. The molecule has 0 aromatic rings. The van der Waals surface area contributed by atoms with Crippen molar-refractivity contribution < 1.29 is 8.42 Å². The number of thioether (sulfide) groups is 1. The van der Waals surface area contributed by atoms with Gasteiger partial charge >= 0.3 is 0 Å². The van der Waals surface area contributed by atoms with Crippen LogP contribution in [0.15, 0.2) is 4.99 Å². The first-order valence-corrected chi connectivity index (χ1v) is 9.56. The number of hydrogen-bond donors (Lipinski definition) is 2. The van der Waals surface area contributed by atoms with Crippen LogP contribution in [0.3, 0.4) is 0 Å². The third-order valence-corrected chi connectivity index (χ3v) is 3.78. The van der Waals surface area contributed by atoms with Crippen molar-refractivity contribution in [1.29, 1.82) is 0 Å². The maximum atomic E-state index is 11.1. The summed E-state index contributed by atoms with van der Waals surface area (Å²) in [5.41, 5.74) is 0. The lowest BCUT2D eigenvalue weighted by molar-refractivity contribution is 0.581. The van der Waals surface area contributed by atoms with Crippen molar-refractivity contribution in [1.82, 2.24) is 10.6 Å². The largest absolute Gasteiger partial charge is 0.357 e. The molecule has 0 aliphatic rings. The molecular formula is C11H25N3O2S2. The number of sulfone groups is 1. The normalized spacial score (nSPS) is 14.3. The van der Waals surface area contributed by atoms with E-state index in [1.165, 1.54) is 6.26 Å². The molecule has 0 fully saturated rings. The van der Waals surface area contributed by atoms with Crippen LogP contribution in [0.2, 0.25) is 0 Å². The van der Waals surface area contributed by atoms with Crippen molar-refractivity contribution in [3.05, 3.63) is 0 Å². The van der Waals surface area contributed by atoms with Gasteiger partial charge in [-0.15, -0.1) is 0 Å². The summed E-state index contributed by atoms with van der Waals surface area (Å²) < 4.78 is 22.2. The zero-order chi connectivity index (χ0) is 14.0. The number of hydrogen-bond acceptors (Lipinski definition) is 4. The van der Waals surface area contributed by atoms with E-state index in [-0.39, 0.29) is 11.8 Å². The van der Waals surface area contributed by atoms with Crippen molar-refractivity contribution in [2.24, 2.45) is 4.99 Å². The molecule has 0 amide bonds. The summed E-state index contributed by atoms with van der Waals surface area (Å²) in [6.45, 7) is 5.53. The zero-order valence-electron chi connectivity index (χ0n) is 11.7. The molecule has 108 valence electrons. The van der Waals surface area contributed by atoms with Crippen LogP contribution in [0.4, 0.5) is 0 Å². The summed E-state index contributed by atoms with van der Waals surface area (Å²) in [6.07, 6.45) is 3.90. The van der Waals surface area contributed by atoms with Crippen LogP contribution in [0.1, 0.15) is 20.3 Å². The second-order valence-electron chi connectivity index (χ2n) is 4.22. The van der Waals surface area contributed by atoms with Gasteiger partial charge in [0.25, 0.3) is 0 Å². The van der Waals surface area contributed by atoms with Crippen LogP contribution in [-0.4, -0.2) is 57.5 Å². The Kier molecular flexibility index (Phi) is 9.27. The van der Waals surface area contributed by atoms with E-state index in [1.807, 2.05) is 20.1 Å². The smallest absolute Gasteiger partial charge is 0.191 e. The van der Waals surface area contributed by atoms with E-state index in [1.54, 1.807) is 11.8 Å². The van der Waals surface area contributed by atoms with Crippen LogP contribution in [0, 0.1) is 0 Å². The van der Waals surface area contributed by atoms with Gasteiger partial charge in [0, 0.05) is 24.6 Å². The summed E-state index contributed by atoms with van der Waals surface area (Å²) in [5.74, 6) is 1.94. The molecule has 1 unspecified atom stereocenters. The van der Waals surface area contributed by atoms with Gasteiger partial charge in [-0.1, -0.05) is 0 Å². The Labute approximate surface area is 115 Å². The van der Waals surface area contributed by atoms with Crippen LogP contribution in [0.5, 0.6) is 0 Å². The predicted octanol–water partition coefficient (Wildman–Crippen LogP) is 0.728. The maximum absolute atomic E-state index is 11.1. The quantitative estimate of drug-likeness (QED) is 0.392. The molecule has 0 heterocycles. The Morgan fingerprint density at radius 3 is 2.61 bits per heavy atom. The fourth-order valence-corrected chi connectivity index (χ4v) is 2.32. The standard InChI is InChI=1S/C11H25N3O2S2/c1-5-12-11(13-7-8-17-3)14-10(2)6-9-18(4,15)16/h10H,5-9H2,1-4H3,(H2,12,13,14). The molecule has 0 saturated carbocycles. The molecule has 0 radical (unpaired) electrons. The van der Waals surface area contributed by atoms with Gasteiger partial charge in [-0.3, -0.25) is 4.99 Å². The molecule has 0 rings (SSSR count). The van der Waals surface area contributed by atoms with Crippen LogP contribution in [0.25, 0.3) is 0 Å². The van der Waals surface area contributed by atoms with Crippen LogP contribution in [-0.2, 0) is 9.84 Å². The van der Waals surface area contributed by atoms with Gasteiger partial charge in [0.1, 0.15) is 9.84 Å². The van der Waals surface area contributed by atoms with E-state index in [4.69, 9.17) is 0 Å². The number of guanidine groups is 1. The summed E-state index contributed by atoms with van der Waals surface area (Å²) in [7, 11) is -2.89. The van der Waals surface area contributed by atoms with E-state index in [2.05, 4.69) is 15.6 Å². The first-order valence-electron chi connectivity index (χ1n) is 6.10. The van der Waals surface area contributed by atoms with Gasteiger partial charge in [-0.05, 0) is 26.5 Å². The van der Waals surface area contributed by atoms with E-state index in [0.29, 0.717) is 6.42 Å². The van der Waals surface area contributed by atoms with Gasteiger partial charge in [0.2, 0.25) is 0 Å². The molecule has 0 spiro atoms. The van der Waals surface area contributed by atoms with Gasteiger partial charge < -0.3 is 10.6 Å². The molecule has 0 saturated heterocycles. The van der Waals surface area contributed by atoms with Gasteiger partial charge in [-0.25, -0.2) is 8.42 Å². The van der Waals surface area contributed by atoms with Gasteiger partial charge in [0.15, 0.2) is 5.96 Å². The van der Waals surface area contributed by atoms with Gasteiger partial charge in [-0.2, -0.15) is 11.8 Å². The van der Waals surface area contributed by atoms with Gasteiger partial charge in [0.05, 0.1) is 12.3 Å². The molecule has 18 heavy (non-hydrogen) atoms. The van der Waals surface area contributed by atoms with Crippen molar-refractivity contribution in [2.45, 2.75) is 26.3 Å². The predicted molar refractivity (Wildman–Crippen MR) is 81.3 cm³/mol. The first kappa shape index (κ1) is 17.6. The highest BCUT2D eigenvalue weighted by Gasteiger charge is 2.09. The van der Waals surface area contributed by atoms with Crippen LogP contribution < -0.4 is 10.6 Å². The fraction of sp³-hybridized carbons (Fsp3) is 0.909. The van der Waals surface area contributed by atoms with Crippen LogP contribution >= 0.6 is 11.8 Å². The monoisotopic (exact) mass is 295 g/mol. The molecule has 1 atom stereocenters. The van der Waals surface area contributed by atoms with Crippen molar-refractivity contribution in [3.63, 3.8) is 0 Å².